The van der Waals surface area contributed by atoms with E-state index in [0.29, 0.717) is 25.7 Å². The van der Waals surface area contributed by atoms with Crippen LogP contribution in [0.5, 0.6) is 0 Å². The zero-order valence-electron chi connectivity index (χ0n) is 9.69. The Kier molecular flexibility index (Phi) is 9.03. The Morgan fingerprint density at radius 1 is 1.38 bits per heavy atom. The van der Waals surface area contributed by atoms with Crippen LogP contribution in [0.25, 0.3) is 0 Å². The Morgan fingerprint density at radius 2 is 2.06 bits per heavy atom. The van der Waals surface area contributed by atoms with E-state index in [1.54, 1.807) is 0 Å². The lowest BCUT2D eigenvalue weighted by molar-refractivity contribution is -0.133. The van der Waals surface area contributed by atoms with Crippen LogP contribution in [0.1, 0.15) is 13.8 Å². The van der Waals surface area contributed by atoms with Crippen molar-refractivity contribution in [2.45, 2.75) is 13.8 Å². The summed E-state index contributed by atoms with van der Waals surface area (Å²) in [6.45, 7) is 5.76. The first-order valence-electron chi connectivity index (χ1n) is 5.16. The van der Waals surface area contributed by atoms with Gasteiger partial charge in [-0.15, -0.1) is 11.8 Å². The normalized spacial score (nSPS) is 10.4. The lowest BCUT2D eigenvalue weighted by Crippen LogP contribution is -2.29. The fourth-order valence-corrected chi connectivity index (χ4v) is 1.43. The van der Waals surface area contributed by atoms with Gasteiger partial charge in [0.1, 0.15) is 0 Å². The van der Waals surface area contributed by atoms with Gasteiger partial charge in [0.2, 0.25) is 5.91 Å². The van der Waals surface area contributed by atoms with Crippen molar-refractivity contribution in [3.8, 4) is 0 Å². The van der Waals surface area contributed by atoms with Crippen LogP contribution in [0.2, 0.25) is 0 Å². The third-order valence-electron chi connectivity index (χ3n) is 1.48. The first kappa shape index (κ1) is 15.2. The second-order valence-corrected chi connectivity index (χ2v) is 4.69. The Hall–Kier alpha value is -0.750. The topological polar surface area (TPSA) is 75.6 Å². The van der Waals surface area contributed by atoms with E-state index in [9.17, 15) is 9.59 Å². The number of carboxylic acid groups (broad SMARTS) is 1. The minimum atomic E-state index is -0.905. The molecule has 1 amide bonds. The first-order valence-corrected chi connectivity index (χ1v) is 6.31. The molecule has 0 saturated carbocycles. The fraction of sp³-hybridized carbons (Fsp3) is 0.800. The predicted octanol–water partition coefficient (Wildman–Crippen LogP) is 0.593. The zero-order valence-corrected chi connectivity index (χ0v) is 10.5. The molecule has 16 heavy (non-hydrogen) atoms. The summed E-state index contributed by atoms with van der Waals surface area (Å²) in [5, 5.41) is 11.0. The van der Waals surface area contributed by atoms with Crippen LogP contribution in [0, 0.1) is 5.92 Å². The van der Waals surface area contributed by atoms with E-state index in [-0.39, 0.29) is 17.4 Å². The van der Waals surface area contributed by atoms with Gasteiger partial charge < -0.3 is 15.2 Å². The molecule has 0 heterocycles. The lowest BCUT2D eigenvalue weighted by Gasteiger charge is -2.07. The average molecular weight is 249 g/mol. The molecule has 0 aliphatic carbocycles. The monoisotopic (exact) mass is 249 g/mol. The van der Waals surface area contributed by atoms with Gasteiger partial charge in [-0.3, -0.25) is 9.59 Å². The molecular weight excluding hydrogens is 230 g/mol. The van der Waals surface area contributed by atoms with E-state index < -0.39 is 5.97 Å². The van der Waals surface area contributed by atoms with Gasteiger partial charge in [0.05, 0.1) is 18.1 Å². The summed E-state index contributed by atoms with van der Waals surface area (Å²) in [5.41, 5.74) is 0. The molecule has 0 aliphatic rings. The van der Waals surface area contributed by atoms with Gasteiger partial charge in [-0.05, 0) is 5.92 Å². The number of hydrogen-bond donors (Lipinski definition) is 2. The highest BCUT2D eigenvalue weighted by atomic mass is 32.2. The number of ether oxygens (including phenoxy) is 1. The van der Waals surface area contributed by atoms with Crippen LogP contribution in [0.15, 0.2) is 0 Å². The van der Waals surface area contributed by atoms with Gasteiger partial charge in [0.15, 0.2) is 0 Å². The molecule has 5 nitrogen and oxygen atoms in total. The molecule has 94 valence electrons. The quantitative estimate of drug-likeness (QED) is 0.585. The molecule has 0 rings (SSSR count). The van der Waals surface area contributed by atoms with Crippen molar-refractivity contribution in [2.24, 2.45) is 5.92 Å². The van der Waals surface area contributed by atoms with Gasteiger partial charge in [-0.1, -0.05) is 13.8 Å². The molecule has 0 aromatic carbocycles. The number of nitrogens with one attached hydrogen (secondary N) is 1. The van der Waals surface area contributed by atoms with Crippen molar-refractivity contribution in [3.63, 3.8) is 0 Å². The zero-order chi connectivity index (χ0) is 12.4. The Balaban J connectivity index is 3.27. The molecule has 0 aliphatic heterocycles. The van der Waals surface area contributed by atoms with Crippen LogP contribution in [0.4, 0.5) is 0 Å². The summed E-state index contributed by atoms with van der Waals surface area (Å²) in [6, 6.07) is 0. The van der Waals surface area contributed by atoms with Gasteiger partial charge in [0.25, 0.3) is 0 Å². The summed E-state index contributed by atoms with van der Waals surface area (Å²) >= 11 is 1.09. The van der Waals surface area contributed by atoms with Crippen molar-refractivity contribution in [1.82, 2.24) is 5.32 Å². The molecule has 6 heteroatoms. The Labute approximate surface area is 99.9 Å². The summed E-state index contributed by atoms with van der Waals surface area (Å²) < 4.78 is 5.27. The maximum atomic E-state index is 11.1. The molecule has 0 aromatic heterocycles. The fourth-order valence-electron chi connectivity index (χ4n) is 0.864. The molecule has 0 unspecified atom stereocenters. The predicted molar refractivity (Wildman–Crippen MR) is 63.6 cm³/mol. The van der Waals surface area contributed by atoms with Gasteiger partial charge >= 0.3 is 5.97 Å². The number of rotatable bonds is 9. The van der Waals surface area contributed by atoms with Crippen molar-refractivity contribution in [2.75, 3.05) is 31.3 Å². The maximum absolute atomic E-state index is 11.1. The number of hydrogen-bond acceptors (Lipinski definition) is 4. The summed E-state index contributed by atoms with van der Waals surface area (Å²) in [6.07, 6.45) is 0. The molecule has 0 spiro atoms. The van der Waals surface area contributed by atoms with Crippen molar-refractivity contribution in [1.29, 1.82) is 0 Å². The average Bonchev–Trinajstić information content (AvgIpc) is 2.16. The molecular formula is C10H19NO4S. The van der Waals surface area contributed by atoms with Crippen molar-refractivity contribution < 1.29 is 19.4 Å². The second kappa shape index (κ2) is 9.47. The van der Waals surface area contributed by atoms with E-state index in [0.717, 1.165) is 11.8 Å². The van der Waals surface area contributed by atoms with Crippen molar-refractivity contribution in [3.05, 3.63) is 0 Å². The smallest absolute Gasteiger partial charge is 0.313 e. The second-order valence-electron chi connectivity index (χ2n) is 3.71. The SMILES string of the molecule is CC(C)COCCNC(=O)CSCC(=O)O. The molecule has 0 atom stereocenters. The summed E-state index contributed by atoms with van der Waals surface area (Å²) in [5.74, 6) is -0.437. The third-order valence-corrected chi connectivity index (χ3v) is 2.40. The van der Waals surface area contributed by atoms with Gasteiger partial charge in [0, 0.05) is 13.2 Å². The molecule has 0 saturated heterocycles. The molecule has 0 aromatic rings. The number of amides is 1. The van der Waals surface area contributed by atoms with E-state index in [2.05, 4.69) is 19.2 Å². The van der Waals surface area contributed by atoms with Crippen LogP contribution in [-0.2, 0) is 14.3 Å². The lowest BCUT2D eigenvalue weighted by atomic mass is 10.2. The van der Waals surface area contributed by atoms with E-state index >= 15 is 0 Å². The van der Waals surface area contributed by atoms with Crippen LogP contribution in [-0.4, -0.2) is 48.2 Å². The molecule has 0 bridgehead atoms. The van der Waals surface area contributed by atoms with Gasteiger partial charge in [-0.2, -0.15) is 0 Å². The van der Waals surface area contributed by atoms with E-state index in [1.165, 1.54) is 0 Å². The van der Waals surface area contributed by atoms with E-state index in [4.69, 9.17) is 9.84 Å². The van der Waals surface area contributed by atoms with Crippen LogP contribution >= 0.6 is 11.8 Å². The van der Waals surface area contributed by atoms with Crippen LogP contribution < -0.4 is 5.32 Å². The highest BCUT2D eigenvalue weighted by Crippen LogP contribution is 1.97. The number of aliphatic carboxylic acids is 1. The van der Waals surface area contributed by atoms with Crippen molar-refractivity contribution >= 4 is 23.6 Å². The minimum Gasteiger partial charge on any atom is -0.481 e. The Morgan fingerprint density at radius 3 is 2.62 bits per heavy atom. The summed E-state index contributed by atoms with van der Waals surface area (Å²) in [4.78, 5) is 21.3. The number of carboxylic acids is 1. The third kappa shape index (κ3) is 11.3. The van der Waals surface area contributed by atoms with E-state index in [1.807, 2.05) is 0 Å². The molecule has 0 radical (unpaired) electrons. The minimum absolute atomic E-state index is 0.0444. The largest absolute Gasteiger partial charge is 0.481 e. The molecule has 0 fully saturated rings. The first-order chi connectivity index (χ1) is 7.52. The number of carbonyl (C=O) groups is 2. The molecule has 2 N–H and O–H groups in total. The van der Waals surface area contributed by atoms with Gasteiger partial charge in [-0.25, -0.2) is 0 Å². The Bertz CT molecular complexity index is 221. The summed E-state index contributed by atoms with van der Waals surface area (Å²) in [7, 11) is 0. The number of thioether (sulfide) groups is 1. The standard InChI is InChI=1S/C10H19NO4S/c1-8(2)5-15-4-3-11-9(12)6-16-7-10(13)14/h8H,3-7H2,1-2H3,(H,11,12)(H,13,14). The van der Waals surface area contributed by atoms with Crippen LogP contribution in [0.3, 0.4) is 0 Å². The number of carbonyl (C=O) groups excluding carboxylic acids is 1. The highest BCUT2D eigenvalue weighted by Gasteiger charge is 2.03. The maximum Gasteiger partial charge on any atom is 0.313 e. The highest BCUT2D eigenvalue weighted by molar-refractivity contribution is 8.00.